The molecule has 0 spiro atoms. The van der Waals surface area contributed by atoms with Crippen LogP contribution in [0.25, 0.3) is 33.9 Å². The molecule has 12 heteroatoms. The van der Waals surface area contributed by atoms with Gasteiger partial charge in [-0.05, 0) is 18.5 Å². The van der Waals surface area contributed by atoms with Crippen LogP contribution in [0.5, 0.6) is 0 Å². The number of benzene rings is 1. The Balaban J connectivity index is 1.58. The van der Waals surface area contributed by atoms with E-state index in [2.05, 4.69) is 20.3 Å². The number of imidazole rings is 1. The zero-order valence-corrected chi connectivity index (χ0v) is 18.0. The van der Waals surface area contributed by atoms with Crippen molar-refractivity contribution >= 4 is 22.8 Å². The third kappa shape index (κ3) is 2.97. The van der Waals surface area contributed by atoms with Crippen molar-refractivity contribution in [2.45, 2.75) is 13.5 Å². The van der Waals surface area contributed by atoms with Crippen molar-refractivity contribution in [1.29, 1.82) is 0 Å². The van der Waals surface area contributed by atoms with Gasteiger partial charge in [-0.2, -0.15) is 4.98 Å². The molecule has 0 aliphatic carbocycles. The fourth-order valence-corrected chi connectivity index (χ4v) is 3.76. The van der Waals surface area contributed by atoms with E-state index in [9.17, 15) is 9.59 Å². The van der Waals surface area contributed by atoms with Crippen LogP contribution < -0.4 is 11.2 Å². The van der Waals surface area contributed by atoms with Crippen molar-refractivity contribution in [3.8, 4) is 22.7 Å². The van der Waals surface area contributed by atoms with Crippen molar-refractivity contribution < 1.29 is 8.94 Å². The van der Waals surface area contributed by atoms with E-state index >= 15 is 0 Å². The van der Waals surface area contributed by atoms with Gasteiger partial charge in [-0.15, -0.1) is 10.2 Å². The molecule has 0 fully saturated rings. The summed E-state index contributed by atoms with van der Waals surface area (Å²) in [5, 5.41) is 12.4. The van der Waals surface area contributed by atoms with Gasteiger partial charge in [-0.3, -0.25) is 18.5 Å². The molecule has 11 nitrogen and oxygen atoms in total. The fraction of sp³-hybridized carbons (Fsp3) is 0.200. The van der Waals surface area contributed by atoms with E-state index in [1.54, 1.807) is 6.92 Å². The van der Waals surface area contributed by atoms with Gasteiger partial charge in [0, 0.05) is 19.7 Å². The summed E-state index contributed by atoms with van der Waals surface area (Å²) in [5.74, 6) is 0.934. The van der Waals surface area contributed by atoms with Crippen LogP contribution in [0.3, 0.4) is 0 Å². The number of aryl methyl sites for hydroxylation is 2. The maximum atomic E-state index is 12.7. The monoisotopic (exact) mass is 453 g/mol. The third-order valence-electron chi connectivity index (χ3n) is 5.19. The number of hydrogen-bond donors (Lipinski definition) is 0. The van der Waals surface area contributed by atoms with E-state index in [4.69, 9.17) is 20.5 Å². The Morgan fingerprint density at radius 2 is 1.81 bits per heavy atom. The molecule has 0 saturated heterocycles. The first-order valence-corrected chi connectivity index (χ1v) is 9.90. The van der Waals surface area contributed by atoms with E-state index in [1.807, 2.05) is 30.3 Å². The minimum Gasteiger partial charge on any atom is -0.419 e. The molecular weight excluding hydrogens is 438 g/mol. The predicted octanol–water partition coefficient (Wildman–Crippen LogP) is 2.15. The maximum absolute atomic E-state index is 12.7. The first-order valence-electron chi connectivity index (χ1n) is 9.53. The van der Waals surface area contributed by atoms with Crippen LogP contribution in [0.15, 0.2) is 48.9 Å². The molecule has 0 saturated carbocycles. The average molecular weight is 454 g/mol. The van der Waals surface area contributed by atoms with Crippen molar-refractivity contribution in [3.63, 3.8) is 0 Å². The quantitative estimate of drug-likeness (QED) is 0.379. The second-order valence-corrected chi connectivity index (χ2v) is 7.51. The topological polar surface area (TPSA) is 127 Å². The molecule has 4 aromatic heterocycles. The lowest BCUT2D eigenvalue weighted by molar-refractivity contribution is 0.399. The molecular formula is C20H16ClN7O4. The highest BCUT2D eigenvalue weighted by Gasteiger charge is 2.24. The summed E-state index contributed by atoms with van der Waals surface area (Å²) in [6.45, 7) is 1.74. The molecule has 0 unspecified atom stereocenters. The molecule has 0 bridgehead atoms. The molecule has 32 heavy (non-hydrogen) atoms. The predicted molar refractivity (Wildman–Crippen MR) is 114 cm³/mol. The number of aromatic nitrogens is 7. The van der Waals surface area contributed by atoms with Gasteiger partial charge in [0.05, 0.1) is 0 Å². The van der Waals surface area contributed by atoms with Gasteiger partial charge in [0.1, 0.15) is 23.6 Å². The summed E-state index contributed by atoms with van der Waals surface area (Å²) in [6, 6.07) is 9.48. The lowest BCUT2D eigenvalue weighted by atomic mass is 10.1. The van der Waals surface area contributed by atoms with Gasteiger partial charge < -0.3 is 8.94 Å². The summed E-state index contributed by atoms with van der Waals surface area (Å²) >= 11 is 6.28. The van der Waals surface area contributed by atoms with Crippen molar-refractivity contribution in [2.75, 3.05) is 0 Å². The fourth-order valence-electron chi connectivity index (χ4n) is 3.54. The Morgan fingerprint density at radius 1 is 1.06 bits per heavy atom. The van der Waals surface area contributed by atoms with E-state index in [1.165, 1.54) is 23.2 Å². The molecule has 5 aromatic rings. The minimum atomic E-state index is -0.525. The first-order chi connectivity index (χ1) is 15.4. The van der Waals surface area contributed by atoms with Crippen molar-refractivity contribution in [2.24, 2.45) is 14.1 Å². The summed E-state index contributed by atoms with van der Waals surface area (Å²) in [7, 11) is 2.91. The number of rotatable bonds is 4. The molecule has 0 aliphatic rings. The van der Waals surface area contributed by atoms with Gasteiger partial charge in [-0.1, -0.05) is 35.5 Å². The Kier molecular flexibility index (Phi) is 4.55. The standard InChI is InChI=1S/C20H16ClN7O4/c1-10-13(14(25-32-10)11-7-5-4-6-8-11)17-24-23-12(31-17)9-28-15-16(22-19(28)21)26(2)20(30)27(3)18(15)29/h4-8H,9H2,1-3H3. The van der Waals surface area contributed by atoms with Crippen LogP contribution in [0.2, 0.25) is 5.28 Å². The number of hydrogen-bond acceptors (Lipinski definition) is 8. The van der Waals surface area contributed by atoms with Crippen LogP contribution >= 0.6 is 11.6 Å². The van der Waals surface area contributed by atoms with Gasteiger partial charge in [0.15, 0.2) is 11.2 Å². The third-order valence-corrected chi connectivity index (χ3v) is 5.47. The summed E-state index contributed by atoms with van der Waals surface area (Å²) in [6.07, 6.45) is 0. The molecule has 0 atom stereocenters. The highest BCUT2D eigenvalue weighted by Crippen LogP contribution is 2.33. The van der Waals surface area contributed by atoms with Crippen LogP contribution in [-0.4, -0.2) is 34.0 Å². The van der Waals surface area contributed by atoms with E-state index in [0.717, 1.165) is 10.1 Å². The first kappa shape index (κ1) is 19.9. The van der Waals surface area contributed by atoms with Gasteiger partial charge in [-0.25, -0.2) is 4.79 Å². The molecule has 0 N–H and O–H groups in total. The van der Waals surface area contributed by atoms with Gasteiger partial charge in [0.2, 0.25) is 11.2 Å². The zero-order chi connectivity index (χ0) is 22.6. The molecule has 0 aliphatic heterocycles. The second kappa shape index (κ2) is 7.31. The number of nitrogens with zero attached hydrogens (tertiary/aromatic N) is 7. The van der Waals surface area contributed by atoms with Crippen molar-refractivity contribution in [1.82, 2.24) is 34.0 Å². The largest absolute Gasteiger partial charge is 0.419 e. The summed E-state index contributed by atoms with van der Waals surface area (Å²) in [4.78, 5) is 29.0. The van der Waals surface area contributed by atoms with Crippen molar-refractivity contribution in [3.05, 3.63) is 68.1 Å². The highest BCUT2D eigenvalue weighted by atomic mass is 35.5. The Morgan fingerprint density at radius 3 is 2.56 bits per heavy atom. The number of fused-ring (bicyclic) bond motifs is 1. The lowest BCUT2D eigenvalue weighted by Gasteiger charge is -2.05. The summed E-state index contributed by atoms with van der Waals surface area (Å²) in [5.41, 5.74) is 1.30. The van der Waals surface area contributed by atoms with E-state index < -0.39 is 11.2 Å². The molecule has 1 aromatic carbocycles. The van der Waals surface area contributed by atoms with E-state index in [-0.39, 0.29) is 34.8 Å². The molecule has 0 amide bonds. The maximum Gasteiger partial charge on any atom is 0.332 e. The minimum absolute atomic E-state index is 0.0131. The van der Waals surface area contributed by atoms with Crippen LogP contribution in [0, 0.1) is 6.92 Å². The second-order valence-electron chi connectivity index (χ2n) is 7.17. The molecule has 4 heterocycles. The normalized spacial score (nSPS) is 11.5. The Bertz CT molecular complexity index is 1590. The summed E-state index contributed by atoms with van der Waals surface area (Å²) < 4.78 is 14.9. The van der Waals surface area contributed by atoms with Crippen LogP contribution in [-0.2, 0) is 20.6 Å². The molecule has 5 rings (SSSR count). The Labute approximate surface area is 184 Å². The smallest absolute Gasteiger partial charge is 0.332 e. The Hall–Kier alpha value is -3.99. The van der Waals surface area contributed by atoms with Crippen LogP contribution in [0.4, 0.5) is 0 Å². The van der Waals surface area contributed by atoms with Gasteiger partial charge >= 0.3 is 5.69 Å². The van der Waals surface area contributed by atoms with E-state index in [0.29, 0.717) is 17.0 Å². The average Bonchev–Trinajstić information content (AvgIpc) is 3.49. The molecule has 0 radical (unpaired) electrons. The number of halogens is 1. The highest BCUT2D eigenvalue weighted by molar-refractivity contribution is 6.29. The lowest BCUT2D eigenvalue weighted by Crippen LogP contribution is -2.37. The SMILES string of the molecule is Cc1onc(-c2ccccc2)c1-c1nnc(Cn2c(Cl)nc3c2c(=O)n(C)c(=O)n3C)o1. The zero-order valence-electron chi connectivity index (χ0n) is 17.2. The van der Waals surface area contributed by atoms with Gasteiger partial charge in [0.25, 0.3) is 11.4 Å². The molecule has 162 valence electrons. The van der Waals surface area contributed by atoms with Crippen LogP contribution in [0.1, 0.15) is 11.7 Å².